The molecule has 2 aliphatic rings. The largest absolute Gasteiger partial charge is 0.352 e. The average molecular weight is 408 g/mol. The van der Waals surface area contributed by atoms with Crippen LogP contribution in [0.25, 0.3) is 21.6 Å². The lowest BCUT2D eigenvalue weighted by Gasteiger charge is -2.35. The molecule has 3 aromatic heterocycles. The second kappa shape index (κ2) is 7.37. The molecule has 0 bridgehead atoms. The van der Waals surface area contributed by atoms with Crippen LogP contribution in [0.3, 0.4) is 0 Å². The minimum Gasteiger partial charge on any atom is -0.352 e. The summed E-state index contributed by atoms with van der Waals surface area (Å²) in [4.78, 5) is 32.8. The van der Waals surface area contributed by atoms with Crippen LogP contribution in [0.2, 0.25) is 0 Å². The number of thiophene rings is 1. The summed E-state index contributed by atoms with van der Waals surface area (Å²) in [6.45, 7) is 7.08. The van der Waals surface area contributed by atoms with E-state index in [9.17, 15) is 4.79 Å². The molecule has 1 fully saturated rings. The zero-order valence-corrected chi connectivity index (χ0v) is 17.7. The number of fused-ring (bicyclic) bond motifs is 3. The van der Waals surface area contributed by atoms with Crippen LogP contribution >= 0.6 is 11.3 Å². The second-order valence-corrected chi connectivity index (χ2v) is 9.22. The molecule has 0 radical (unpaired) electrons. The first-order chi connectivity index (χ1) is 14.1. The number of anilines is 1. The van der Waals surface area contributed by atoms with Crippen LogP contribution in [0.4, 0.5) is 5.82 Å². The van der Waals surface area contributed by atoms with Crippen molar-refractivity contribution in [3.05, 3.63) is 35.0 Å². The molecule has 1 amide bonds. The van der Waals surface area contributed by atoms with Gasteiger partial charge in [0.15, 0.2) is 5.82 Å². The van der Waals surface area contributed by atoms with Crippen LogP contribution in [0.1, 0.15) is 30.7 Å². The van der Waals surface area contributed by atoms with Crippen molar-refractivity contribution in [1.82, 2.24) is 19.9 Å². The Hall–Kier alpha value is -2.54. The third-order valence-electron chi connectivity index (χ3n) is 6.08. The molecule has 7 heteroatoms. The van der Waals surface area contributed by atoms with Crippen molar-refractivity contribution in [2.24, 2.45) is 5.92 Å². The Morgan fingerprint density at radius 2 is 2.03 bits per heavy atom. The number of aromatic nitrogens is 3. The number of hydrogen-bond acceptors (Lipinski definition) is 6. The van der Waals surface area contributed by atoms with E-state index < -0.39 is 0 Å². The van der Waals surface area contributed by atoms with Crippen molar-refractivity contribution in [2.45, 2.75) is 33.1 Å². The SMILES string of the molecule is CC(=O)N1CCN(c2nc(-c3cccnc3)nc3sc4c(c23)CC[C@@H](C)C4)CC1. The predicted octanol–water partition coefficient (Wildman–Crippen LogP) is 3.55. The van der Waals surface area contributed by atoms with Gasteiger partial charge in [-0.05, 0) is 42.9 Å². The lowest BCUT2D eigenvalue weighted by molar-refractivity contribution is -0.129. The molecule has 3 aromatic rings. The summed E-state index contributed by atoms with van der Waals surface area (Å²) in [5.74, 6) is 2.64. The van der Waals surface area contributed by atoms with Gasteiger partial charge in [-0.2, -0.15) is 0 Å². The van der Waals surface area contributed by atoms with Gasteiger partial charge in [-0.3, -0.25) is 9.78 Å². The Kier molecular flexibility index (Phi) is 4.70. The summed E-state index contributed by atoms with van der Waals surface area (Å²) < 4.78 is 0. The van der Waals surface area contributed by atoms with E-state index in [1.807, 2.05) is 34.6 Å². The van der Waals surface area contributed by atoms with Crippen LogP contribution in [-0.2, 0) is 17.6 Å². The normalized spacial score (nSPS) is 19.4. The molecule has 0 unspecified atom stereocenters. The Balaban J connectivity index is 1.63. The summed E-state index contributed by atoms with van der Waals surface area (Å²) in [6.07, 6.45) is 7.06. The number of pyridine rings is 1. The van der Waals surface area contributed by atoms with Gasteiger partial charge in [-0.25, -0.2) is 9.97 Å². The third-order valence-corrected chi connectivity index (χ3v) is 7.23. The van der Waals surface area contributed by atoms with Crippen LogP contribution in [-0.4, -0.2) is 51.9 Å². The molecule has 0 spiro atoms. The van der Waals surface area contributed by atoms with E-state index in [0.717, 1.165) is 67.0 Å². The molecule has 1 aliphatic carbocycles. The maximum Gasteiger partial charge on any atom is 0.219 e. The smallest absolute Gasteiger partial charge is 0.219 e. The van der Waals surface area contributed by atoms with E-state index in [-0.39, 0.29) is 5.91 Å². The molecule has 0 aromatic carbocycles. The molecular formula is C22H25N5OS. The highest BCUT2D eigenvalue weighted by atomic mass is 32.1. The lowest BCUT2D eigenvalue weighted by Crippen LogP contribution is -2.48. The number of rotatable bonds is 2. The first-order valence-electron chi connectivity index (χ1n) is 10.3. The van der Waals surface area contributed by atoms with E-state index in [0.29, 0.717) is 0 Å². The second-order valence-electron chi connectivity index (χ2n) is 8.14. The monoisotopic (exact) mass is 407 g/mol. The minimum atomic E-state index is 0.149. The van der Waals surface area contributed by atoms with Gasteiger partial charge in [-0.1, -0.05) is 6.92 Å². The summed E-state index contributed by atoms with van der Waals surface area (Å²) in [5.41, 5.74) is 2.39. The molecule has 0 N–H and O–H groups in total. The molecule has 6 nitrogen and oxygen atoms in total. The number of piperazine rings is 1. The zero-order chi connectivity index (χ0) is 20.0. The molecule has 5 rings (SSSR count). The summed E-state index contributed by atoms with van der Waals surface area (Å²) in [5, 5.41) is 1.24. The number of carbonyl (C=O) groups excluding carboxylic acids is 1. The van der Waals surface area contributed by atoms with E-state index >= 15 is 0 Å². The fourth-order valence-electron chi connectivity index (χ4n) is 4.41. The number of nitrogens with zero attached hydrogens (tertiary/aromatic N) is 5. The molecule has 0 saturated carbocycles. The number of aryl methyl sites for hydroxylation is 1. The van der Waals surface area contributed by atoms with Gasteiger partial charge in [0, 0.05) is 55.9 Å². The quantitative estimate of drug-likeness (QED) is 0.650. The Morgan fingerprint density at radius 1 is 1.21 bits per heavy atom. The average Bonchev–Trinajstić information content (AvgIpc) is 3.11. The van der Waals surface area contributed by atoms with Gasteiger partial charge in [0.1, 0.15) is 10.6 Å². The highest BCUT2D eigenvalue weighted by Gasteiger charge is 2.28. The first kappa shape index (κ1) is 18.5. The van der Waals surface area contributed by atoms with Crippen molar-refractivity contribution < 1.29 is 4.79 Å². The van der Waals surface area contributed by atoms with Crippen molar-refractivity contribution in [2.75, 3.05) is 31.1 Å². The fraction of sp³-hybridized carbons (Fsp3) is 0.455. The zero-order valence-electron chi connectivity index (χ0n) is 16.9. The third kappa shape index (κ3) is 3.37. The summed E-state index contributed by atoms with van der Waals surface area (Å²) in [7, 11) is 0. The van der Waals surface area contributed by atoms with Crippen molar-refractivity contribution >= 4 is 33.3 Å². The minimum absolute atomic E-state index is 0.149. The topological polar surface area (TPSA) is 62.2 Å². The standard InChI is InChI=1S/C22H25N5OS/c1-14-5-6-17-18(12-14)29-22-19(17)21(27-10-8-26(9-11-27)15(2)28)24-20(25-22)16-4-3-7-23-13-16/h3-4,7,13-14H,5-6,8-12H2,1-2H3/t14-/m1/s1. The van der Waals surface area contributed by atoms with Crippen LogP contribution in [0, 0.1) is 5.92 Å². The fourth-order valence-corrected chi connectivity index (χ4v) is 5.79. The summed E-state index contributed by atoms with van der Waals surface area (Å²) >= 11 is 1.83. The van der Waals surface area contributed by atoms with Gasteiger partial charge in [0.25, 0.3) is 0 Å². The van der Waals surface area contributed by atoms with Crippen molar-refractivity contribution in [3.8, 4) is 11.4 Å². The van der Waals surface area contributed by atoms with Crippen molar-refractivity contribution in [1.29, 1.82) is 0 Å². The summed E-state index contributed by atoms with van der Waals surface area (Å²) in [6, 6.07) is 3.94. The van der Waals surface area contributed by atoms with E-state index in [1.54, 1.807) is 13.1 Å². The Bertz CT molecular complexity index is 1060. The van der Waals surface area contributed by atoms with Crippen LogP contribution < -0.4 is 4.90 Å². The molecule has 1 atom stereocenters. The van der Waals surface area contributed by atoms with Gasteiger partial charge in [0.2, 0.25) is 5.91 Å². The molecule has 1 saturated heterocycles. The van der Waals surface area contributed by atoms with E-state index in [1.165, 1.54) is 22.2 Å². The van der Waals surface area contributed by atoms with E-state index in [4.69, 9.17) is 9.97 Å². The van der Waals surface area contributed by atoms with Crippen molar-refractivity contribution in [3.63, 3.8) is 0 Å². The van der Waals surface area contributed by atoms with Gasteiger partial charge >= 0.3 is 0 Å². The molecule has 150 valence electrons. The molecule has 4 heterocycles. The van der Waals surface area contributed by atoms with Gasteiger partial charge in [-0.15, -0.1) is 11.3 Å². The molecular weight excluding hydrogens is 382 g/mol. The maximum atomic E-state index is 11.8. The van der Waals surface area contributed by atoms with E-state index in [2.05, 4.69) is 16.8 Å². The molecule has 1 aliphatic heterocycles. The Labute approximate surface area is 174 Å². The lowest BCUT2D eigenvalue weighted by atomic mass is 9.89. The molecule has 29 heavy (non-hydrogen) atoms. The highest BCUT2D eigenvalue weighted by Crippen LogP contribution is 2.42. The van der Waals surface area contributed by atoms with Gasteiger partial charge < -0.3 is 9.80 Å². The number of carbonyl (C=O) groups is 1. The van der Waals surface area contributed by atoms with Crippen LogP contribution in [0.5, 0.6) is 0 Å². The first-order valence-corrected chi connectivity index (χ1v) is 11.1. The maximum absolute atomic E-state index is 11.8. The number of hydrogen-bond donors (Lipinski definition) is 0. The number of amides is 1. The Morgan fingerprint density at radius 3 is 2.76 bits per heavy atom. The highest BCUT2D eigenvalue weighted by molar-refractivity contribution is 7.19. The predicted molar refractivity (Wildman–Crippen MR) is 116 cm³/mol. The van der Waals surface area contributed by atoms with Crippen LogP contribution in [0.15, 0.2) is 24.5 Å². The van der Waals surface area contributed by atoms with Gasteiger partial charge in [0.05, 0.1) is 5.39 Å².